The molecule has 0 aliphatic heterocycles. The van der Waals surface area contributed by atoms with Crippen LogP contribution < -0.4 is 0 Å². The molecule has 76 valence electrons. The van der Waals surface area contributed by atoms with Gasteiger partial charge in [0.25, 0.3) is 0 Å². The van der Waals surface area contributed by atoms with Crippen LogP contribution in [-0.2, 0) is 5.41 Å². The van der Waals surface area contributed by atoms with E-state index < -0.39 is 0 Å². The fraction of sp³-hybridized carbons (Fsp3) is 0.636. The van der Waals surface area contributed by atoms with Gasteiger partial charge in [-0.2, -0.15) is 0 Å². The average Bonchev–Trinajstić information content (AvgIpc) is 2.83. The largest absolute Gasteiger partial charge is 0.256 e. The van der Waals surface area contributed by atoms with E-state index in [0.29, 0.717) is 5.92 Å². The van der Waals surface area contributed by atoms with Gasteiger partial charge in [-0.25, -0.2) is 4.98 Å². The van der Waals surface area contributed by atoms with Crippen LogP contribution in [0.5, 0.6) is 0 Å². The molecule has 14 heavy (non-hydrogen) atoms. The maximum absolute atomic E-state index is 4.56. The standard InChI is InChI=1S/C11H15BrN2/c1-11(2,3)10-9(7-4-5-7)14-8(12)6-13-10/h6-7H,4-5H2,1-3H3. The quantitative estimate of drug-likeness (QED) is 0.768. The molecule has 0 unspecified atom stereocenters. The molecule has 3 heteroatoms. The van der Waals surface area contributed by atoms with Gasteiger partial charge < -0.3 is 0 Å². The Bertz CT molecular complexity index is 351. The minimum Gasteiger partial charge on any atom is -0.256 e. The molecule has 0 saturated heterocycles. The van der Waals surface area contributed by atoms with Crippen LogP contribution in [0.3, 0.4) is 0 Å². The molecule has 0 aromatic carbocycles. The van der Waals surface area contributed by atoms with Crippen molar-refractivity contribution in [2.45, 2.75) is 44.9 Å². The molecule has 1 fully saturated rings. The first kappa shape index (κ1) is 10.1. The molecule has 1 heterocycles. The van der Waals surface area contributed by atoms with Crippen LogP contribution in [-0.4, -0.2) is 9.97 Å². The molecule has 0 amide bonds. The van der Waals surface area contributed by atoms with Crippen molar-refractivity contribution in [1.29, 1.82) is 0 Å². The Labute approximate surface area is 93.3 Å². The maximum atomic E-state index is 4.56. The van der Waals surface area contributed by atoms with Crippen molar-refractivity contribution in [3.63, 3.8) is 0 Å². The molecule has 1 aromatic heterocycles. The maximum Gasteiger partial charge on any atom is 0.124 e. The molecule has 1 aliphatic rings. The van der Waals surface area contributed by atoms with Crippen LogP contribution in [0.25, 0.3) is 0 Å². The summed E-state index contributed by atoms with van der Waals surface area (Å²) in [5.41, 5.74) is 2.46. The van der Waals surface area contributed by atoms with Gasteiger partial charge in [0.15, 0.2) is 0 Å². The van der Waals surface area contributed by atoms with Gasteiger partial charge in [-0.15, -0.1) is 0 Å². The van der Waals surface area contributed by atoms with Gasteiger partial charge in [0.2, 0.25) is 0 Å². The van der Waals surface area contributed by atoms with Crippen LogP contribution in [0.4, 0.5) is 0 Å². The number of hydrogen-bond acceptors (Lipinski definition) is 2. The minimum absolute atomic E-state index is 0.103. The zero-order valence-corrected chi connectivity index (χ0v) is 10.4. The molecule has 2 rings (SSSR count). The molecule has 1 saturated carbocycles. The summed E-state index contributed by atoms with van der Waals surface area (Å²) >= 11 is 3.39. The molecule has 0 radical (unpaired) electrons. The van der Waals surface area contributed by atoms with Gasteiger partial charge in [0, 0.05) is 11.3 Å². The van der Waals surface area contributed by atoms with Gasteiger partial charge in [-0.1, -0.05) is 20.8 Å². The van der Waals surface area contributed by atoms with Crippen LogP contribution in [0.2, 0.25) is 0 Å². The summed E-state index contributed by atoms with van der Waals surface area (Å²) in [7, 11) is 0. The van der Waals surface area contributed by atoms with E-state index >= 15 is 0 Å². The van der Waals surface area contributed by atoms with Crippen LogP contribution in [0.15, 0.2) is 10.8 Å². The minimum atomic E-state index is 0.103. The Morgan fingerprint density at radius 2 is 2.00 bits per heavy atom. The monoisotopic (exact) mass is 254 g/mol. The zero-order chi connectivity index (χ0) is 10.3. The summed E-state index contributed by atoms with van der Waals surface area (Å²) in [4.78, 5) is 9.06. The summed E-state index contributed by atoms with van der Waals surface area (Å²) < 4.78 is 0.854. The van der Waals surface area contributed by atoms with E-state index in [0.717, 1.165) is 10.3 Å². The second-order valence-corrected chi connectivity index (χ2v) is 5.76. The fourth-order valence-electron chi connectivity index (χ4n) is 1.60. The lowest BCUT2D eigenvalue weighted by Gasteiger charge is -2.20. The smallest absolute Gasteiger partial charge is 0.124 e. The summed E-state index contributed by atoms with van der Waals surface area (Å²) in [6.07, 6.45) is 4.34. The van der Waals surface area contributed by atoms with Crippen molar-refractivity contribution < 1.29 is 0 Å². The highest BCUT2D eigenvalue weighted by Crippen LogP contribution is 2.42. The van der Waals surface area contributed by atoms with Crippen molar-refractivity contribution in [1.82, 2.24) is 9.97 Å². The third-order valence-corrected chi connectivity index (χ3v) is 2.83. The zero-order valence-electron chi connectivity index (χ0n) is 8.84. The van der Waals surface area contributed by atoms with Crippen molar-refractivity contribution in [3.05, 3.63) is 22.2 Å². The molecule has 0 atom stereocenters. The topological polar surface area (TPSA) is 25.8 Å². The molecule has 1 aromatic rings. The second-order valence-electron chi connectivity index (χ2n) is 4.95. The predicted octanol–water partition coefficient (Wildman–Crippen LogP) is 3.41. The molecule has 1 aliphatic carbocycles. The van der Waals surface area contributed by atoms with E-state index in [1.807, 2.05) is 0 Å². The Morgan fingerprint density at radius 3 is 2.50 bits per heavy atom. The number of rotatable bonds is 1. The molecular weight excluding hydrogens is 240 g/mol. The number of nitrogens with zero attached hydrogens (tertiary/aromatic N) is 2. The Hall–Kier alpha value is -0.440. The van der Waals surface area contributed by atoms with Gasteiger partial charge in [0.05, 0.1) is 17.6 Å². The van der Waals surface area contributed by atoms with Crippen molar-refractivity contribution in [2.75, 3.05) is 0 Å². The van der Waals surface area contributed by atoms with Gasteiger partial charge in [-0.05, 0) is 28.8 Å². The predicted molar refractivity (Wildman–Crippen MR) is 60.4 cm³/mol. The molecular formula is C11H15BrN2. The molecule has 0 spiro atoms. The summed E-state index contributed by atoms with van der Waals surface area (Å²) in [5, 5.41) is 0. The Balaban J connectivity index is 2.47. The van der Waals surface area contributed by atoms with Crippen LogP contribution in [0, 0.1) is 0 Å². The van der Waals surface area contributed by atoms with E-state index in [4.69, 9.17) is 0 Å². The third kappa shape index (κ3) is 1.97. The number of hydrogen-bond donors (Lipinski definition) is 0. The lowest BCUT2D eigenvalue weighted by Crippen LogP contribution is -2.17. The molecule has 0 N–H and O–H groups in total. The third-order valence-electron chi connectivity index (χ3n) is 2.44. The highest BCUT2D eigenvalue weighted by molar-refractivity contribution is 9.10. The van der Waals surface area contributed by atoms with E-state index in [1.165, 1.54) is 18.5 Å². The number of aromatic nitrogens is 2. The lowest BCUT2D eigenvalue weighted by molar-refractivity contribution is 0.554. The van der Waals surface area contributed by atoms with E-state index in [1.54, 1.807) is 6.20 Å². The first-order valence-electron chi connectivity index (χ1n) is 5.01. The summed E-state index contributed by atoms with van der Waals surface area (Å²) in [6, 6.07) is 0. The number of halogens is 1. The van der Waals surface area contributed by atoms with Gasteiger partial charge in [-0.3, -0.25) is 4.98 Å². The van der Waals surface area contributed by atoms with Crippen molar-refractivity contribution in [2.24, 2.45) is 0 Å². The summed E-state index contributed by atoms with van der Waals surface area (Å²) in [6.45, 7) is 6.57. The Kier molecular flexibility index (Phi) is 2.38. The normalized spacial score (nSPS) is 17.1. The first-order valence-corrected chi connectivity index (χ1v) is 5.80. The van der Waals surface area contributed by atoms with Crippen molar-refractivity contribution in [3.8, 4) is 0 Å². The fourth-order valence-corrected chi connectivity index (χ4v) is 1.89. The molecule has 0 bridgehead atoms. The average molecular weight is 255 g/mol. The summed E-state index contributed by atoms with van der Waals surface area (Å²) in [5.74, 6) is 0.661. The second kappa shape index (κ2) is 3.30. The Morgan fingerprint density at radius 1 is 1.36 bits per heavy atom. The van der Waals surface area contributed by atoms with Gasteiger partial charge in [0.1, 0.15) is 4.60 Å². The van der Waals surface area contributed by atoms with Crippen molar-refractivity contribution >= 4 is 15.9 Å². The van der Waals surface area contributed by atoms with E-state index in [9.17, 15) is 0 Å². The first-order chi connectivity index (χ1) is 6.48. The lowest BCUT2D eigenvalue weighted by atomic mass is 9.89. The molecule has 2 nitrogen and oxygen atoms in total. The van der Waals surface area contributed by atoms with Crippen LogP contribution >= 0.6 is 15.9 Å². The van der Waals surface area contributed by atoms with Crippen LogP contribution in [0.1, 0.15) is 50.9 Å². The van der Waals surface area contributed by atoms with Gasteiger partial charge >= 0.3 is 0 Å². The highest BCUT2D eigenvalue weighted by Gasteiger charge is 2.32. The van der Waals surface area contributed by atoms with E-state index in [2.05, 4.69) is 46.7 Å². The SMILES string of the molecule is CC(C)(C)c1ncc(Br)nc1C1CC1. The highest BCUT2D eigenvalue weighted by atomic mass is 79.9. The van der Waals surface area contributed by atoms with E-state index in [-0.39, 0.29) is 5.41 Å².